The number of carbonyl (C=O) groups excluding carboxylic acids is 3. The number of nitrogens with one attached hydrogen (secondary N) is 3. The molecule has 2 aromatic rings. The second kappa shape index (κ2) is 15.0. The minimum Gasteiger partial charge on any atom is -0.391 e. The molecule has 1 saturated carbocycles. The monoisotopic (exact) mass is 609 g/mol. The Labute approximate surface area is 259 Å². The number of β-amino-alcohol motifs (C(OH)–C–C–N with tert-alkyl or cyclic N) is 1. The molecule has 3 amide bonds. The SMILES string of the molecule is O=C(CNc1ccc(NC(=O)[C@H]2C[C@@H](O)CN2C(=O)Nc2ccc(Cl)cc2)cc1)CN1CCCC(CC2CCCCC2)C1. The van der Waals surface area contributed by atoms with Crippen molar-refractivity contribution in [2.24, 2.45) is 11.8 Å². The van der Waals surface area contributed by atoms with Crippen LogP contribution in [0.5, 0.6) is 0 Å². The number of hydrogen-bond donors (Lipinski definition) is 4. The van der Waals surface area contributed by atoms with E-state index in [0.717, 1.165) is 30.6 Å². The lowest BCUT2D eigenvalue weighted by Gasteiger charge is -2.35. The Kier molecular flexibility index (Phi) is 10.9. The molecular weight excluding hydrogens is 566 g/mol. The van der Waals surface area contributed by atoms with Crippen LogP contribution in [0.4, 0.5) is 21.9 Å². The van der Waals surface area contributed by atoms with Gasteiger partial charge in [0.1, 0.15) is 6.04 Å². The van der Waals surface area contributed by atoms with Gasteiger partial charge in [0.25, 0.3) is 0 Å². The predicted molar refractivity (Wildman–Crippen MR) is 171 cm³/mol. The van der Waals surface area contributed by atoms with Crippen LogP contribution < -0.4 is 16.0 Å². The van der Waals surface area contributed by atoms with Gasteiger partial charge in [-0.05, 0) is 86.2 Å². The van der Waals surface area contributed by atoms with Gasteiger partial charge in [0.2, 0.25) is 5.91 Å². The van der Waals surface area contributed by atoms with Gasteiger partial charge >= 0.3 is 6.03 Å². The summed E-state index contributed by atoms with van der Waals surface area (Å²) >= 11 is 5.91. The zero-order chi connectivity index (χ0) is 30.2. The molecule has 9 nitrogen and oxygen atoms in total. The molecular formula is C33H44ClN5O4. The molecule has 0 aromatic heterocycles. The van der Waals surface area contributed by atoms with Gasteiger partial charge in [-0.1, -0.05) is 43.7 Å². The number of amides is 3. The first-order valence-corrected chi connectivity index (χ1v) is 16.1. The molecule has 10 heteroatoms. The van der Waals surface area contributed by atoms with Gasteiger partial charge < -0.3 is 26.0 Å². The number of urea groups is 1. The lowest BCUT2D eigenvalue weighted by atomic mass is 9.80. The van der Waals surface area contributed by atoms with E-state index in [2.05, 4.69) is 20.9 Å². The summed E-state index contributed by atoms with van der Waals surface area (Å²) in [4.78, 5) is 42.4. The quantitative estimate of drug-likeness (QED) is 0.278. The van der Waals surface area contributed by atoms with Crippen LogP contribution in [0.15, 0.2) is 48.5 Å². The van der Waals surface area contributed by atoms with Gasteiger partial charge in [-0.2, -0.15) is 0 Å². The largest absolute Gasteiger partial charge is 0.391 e. The Bertz CT molecular complexity index is 1230. The van der Waals surface area contributed by atoms with Crippen LogP contribution in [-0.4, -0.2) is 77.5 Å². The van der Waals surface area contributed by atoms with Crippen molar-refractivity contribution in [3.05, 3.63) is 53.6 Å². The molecule has 3 atom stereocenters. The summed E-state index contributed by atoms with van der Waals surface area (Å²) in [5.74, 6) is 1.40. The van der Waals surface area contributed by atoms with Crippen molar-refractivity contribution in [1.29, 1.82) is 0 Å². The molecule has 0 radical (unpaired) electrons. The number of nitrogens with zero attached hydrogens (tertiary/aromatic N) is 2. The number of halogens is 1. The molecule has 0 spiro atoms. The third-order valence-corrected chi connectivity index (χ3v) is 9.23. The Morgan fingerprint density at radius 1 is 0.814 bits per heavy atom. The highest BCUT2D eigenvalue weighted by Gasteiger charge is 2.39. The lowest BCUT2D eigenvalue weighted by Crippen LogP contribution is -2.45. The standard InChI is InChI=1S/C33H44ClN5O4/c34-25-8-10-28(11-9-25)37-33(43)39-22-29(40)18-31(39)32(42)36-27-14-12-26(13-15-27)35-19-30(41)21-38-16-4-7-24(20-38)17-23-5-2-1-3-6-23/h8-15,23-24,29,31,35,40H,1-7,16-22H2,(H,36,42)(H,37,43)/t24?,29-,31-/m1/s1. The molecule has 232 valence electrons. The normalized spacial score (nSPS) is 23.1. The van der Waals surface area contributed by atoms with Gasteiger partial charge in [-0.15, -0.1) is 0 Å². The maximum Gasteiger partial charge on any atom is 0.322 e. The average molecular weight is 610 g/mol. The summed E-state index contributed by atoms with van der Waals surface area (Å²) in [6.45, 7) is 2.84. The number of benzene rings is 2. The van der Waals surface area contributed by atoms with E-state index in [1.165, 1.54) is 56.3 Å². The molecule has 2 heterocycles. The van der Waals surface area contributed by atoms with Gasteiger partial charge in [0.15, 0.2) is 5.78 Å². The maximum absolute atomic E-state index is 13.1. The fourth-order valence-corrected chi connectivity index (χ4v) is 6.93. The van der Waals surface area contributed by atoms with Gasteiger partial charge in [-0.3, -0.25) is 14.5 Å². The second-order valence-electron chi connectivity index (χ2n) is 12.4. The predicted octanol–water partition coefficient (Wildman–Crippen LogP) is 5.61. The fraction of sp³-hybridized carbons (Fsp3) is 0.545. The van der Waals surface area contributed by atoms with Gasteiger partial charge in [0.05, 0.1) is 19.2 Å². The highest BCUT2D eigenvalue weighted by atomic mass is 35.5. The van der Waals surface area contributed by atoms with Crippen molar-refractivity contribution >= 4 is 46.4 Å². The van der Waals surface area contributed by atoms with E-state index >= 15 is 0 Å². The first-order chi connectivity index (χ1) is 20.8. The van der Waals surface area contributed by atoms with Gasteiger partial charge in [0, 0.05) is 41.6 Å². The molecule has 43 heavy (non-hydrogen) atoms. The third kappa shape index (κ3) is 9.17. The van der Waals surface area contributed by atoms with Crippen molar-refractivity contribution in [2.75, 3.05) is 48.7 Å². The smallest absolute Gasteiger partial charge is 0.322 e. The summed E-state index contributed by atoms with van der Waals surface area (Å²) in [5, 5.41) is 19.6. The fourth-order valence-electron chi connectivity index (χ4n) is 6.80. The number of ketones is 1. The van der Waals surface area contributed by atoms with Crippen LogP contribution in [0.25, 0.3) is 0 Å². The van der Waals surface area contributed by atoms with Crippen molar-refractivity contribution in [3.8, 4) is 0 Å². The Morgan fingerprint density at radius 3 is 2.21 bits per heavy atom. The lowest BCUT2D eigenvalue weighted by molar-refractivity contribution is -0.120. The summed E-state index contributed by atoms with van der Waals surface area (Å²) < 4.78 is 0. The average Bonchev–Trinajstić information content (AvgIpc) is 3.41. The molecule has 5 rings (SSSR count). The molecule has 1 aliphatic carbocycles. The molecule has 2 aromatic carbocycles. The zero-order valence-corrected chi connectivity index (χ0v) is 25.5. The van der Waals surface area contributed by atoms with Crippen molar-refractivity contribution < 1.29 is 19.5 Å². The van der Waals surface area contributed by atoms with Crippen molar-refractivity contribution in [2.45, 2.75) is 69.9 Å². The molecule has 2 saturated heterocycles. The number of piperidine rings is 1. The highest BCUT2D eigenvalue weighted by Crippen LogP contribution is 2.32. The van der Waals surface area contributed by atoms with Crippen LogP contribution in [0.2, 0.25) is 5.02 Å². The molecule has 4 N–H and O–H groups in total. The number of likely N-dealkylation sites (tertiary alicyclic amines) is 2. The molecule has 2 aliphatic heterocycles. The Balaban J connectivity index is 1.06. The topological polar surface area (TPSA) is 114 Å². The first kappa shape index (κ1) is 31.3. The number of anilines is 3. The van der Waals surface area contributed by atoms with Crippen molar-refractivity contribution in [1.82, 2.24) is 9.80 Å². The minimum atomic E-state index is -0.810. The van der Waals surface area contributed by atoms with Crippen LogP contribution in [-0.2, 0) is 9.59 Å². The maximum atomic E-state index is 13.1. The van der Waals surface area contributed by atoms with Crippen molar-refractivity contribution in [3.63, 3.8) is 0 Å². The number of carbonyl (C=O) groups is 3. The molecule has 3 aliphatic rings. The molecule has 3 fully saturated rings. The second-order valence-corrected chi connectivity index (χ2v) is 12.9. The number of hydrogen-bond acceptors (Lipinski definition) is 6. The molecule has 0 bridgehead atoms. The summed E-state index contributed by atoms with van der Waals surface area (Å²) in [5.41, 5.74) is 1.91. The summed E-state index contributed by atoms with van der Waals surface area (Å²) in [6, 6.07) is 12.6. The van der Waals surface area contributed by atoms with E-state index in [1.807, 2.05) is 12.1 Å². The minimum absolute atomic E-state index is 0.0625. The van der Waals surface area contributed by atoms with Crippen LogP contribution in [0.3, 0.4) is 0 Å². The van der Waals surface area contributed by atoms with Crippen LogP contribution >= 0.6 is 11.6 Å². The van der Waals surface area contributed by atoms with E-state index in [4.69, 9.17) is 11.6 Å². The van der Waals surface area contributed by atoms with E-state index < -0.39 is 18.2 Å². The first-order valence-electron chi connectivity index (χ1n) is 15.7. The number of rotatable bonds is 10. The van der Waals surface area contributed by atoms with E-state index in [0.29, 0.717) is 22.9 Å². The summed E-state index contributed by atoms with van der Waals surface area (Å²) in [7, 11) is 0. The zero-order valence-electron chi connectivity index (χ0n) is 24.8. The Morgan fingerprint density at radius 2 is 1.47 bits per heavy atom. The summed E-state index contributed by atoms with van der Waals surface area (Å²) in [6.07, 6.45) is 10.1. The number of Topliss-reactive ketones (excluding diaryl/α,β-unsaturated/α-hetero) is 1. The Hall–Kier alpha value is -3.14. The van der Waals surface area contributed by atoms with E-state index in [1.54, 1.807) is 36.4 Å². The van der Waals surface area contributed by atoms with E-state index in [9.17, 15) is 19.5 Å². The van der Waals surface area contributed by atoms with E-state index in [-0.39, 0.29) is 31.2 Å². The number of aliphatic hydroxyl groups excluding tert-OH is 1. The third-order valence-electron chi connectivity index (χ3n) is 8.97. The highest BCUT2D eigenvalue weighted by molar-refractivity contribution is 6.30. The van der Waals surface area contributed by atoms with Crippen LogP contribution in [0, 0.1) is 11.8 Å². The van der Waals surface area contributed by atoms with Crippen LogP contribution in [0.1, 0.15) is 57.8 Å². The number of aliphatic hydroxyl groups is 1. The van der Waals surface area contributed by atoms with Gasteiger partial charge in [-0.25, -0.2) is 4.79 Å². The molecule has 1 unspecified atom stereocenters.